The highest BCUT2D eigenvalue weighted by atomic mass is 16.2. The van der Waals surface area contributed by atoms with E-state index in [4.69, 9.17) is 0 Å². The van der Waals surface area contributed by atoms with Crippen molar-refractivity contribution in [3.63, 3.8) is 0 Å². The molecule has 0 saturated heterocycles. The number of carbonyl (C=O) groups excluding carboxylic acids is 1. The number of nitrogens with zero attached hydrogens (tertiary/aromatic N) is 1. The van der Waals surface area contributed by atoms with Crippen LogP contribution in [-0.4, -0.2) is 30.6 Å². The number of amides is 2. The Balaban J connectivity index is 3.15. The zero-order valence-corrected chi connectivity index (χ0v) is 14.4. The van der Waals surface area contributed by atoms with Gasteiger partial charge in [0.15, 0.2) is 0 Å². The molecule has 0 aromatic carbocycles. The van der Waals surface area contributed by atoms with Crippen LogP contribution in [-0.2, 0) is 0 Å². The maximum absolute atomic E-state index is 12.3. The van der Waals surface area contributed by atoms with Crippen molar-refractivity contribution in [2.75, 3.05) is 19.6 Å². The molecule has 3 nitrogen and oxygen atoms in total. The van der Waals surface area contributed by atoms with Gasteiger partial charge >= 0.3 is 6.03 Å². The minimum absolute atomic E-state index is 0.0828. The molecular formula is C17H32N2O. The van der Waals surface area contributed by atoms with Crippen LogP contribution in [0.5, 0.6) is 0 Å². The van der Waals surface area contributed by atoms with E-state index < -0.39 is 0 Å². The standard InChI is InChI=1S/C17H32N2O/c1-8-9-10-19-12-14(17(5,6)7)13(16(2,3)4)11-18-15(19)20/h8-12H2,1-7H3,(H,18,20). The van der Waals surface area contributed by atoms with Crippen molar-refractivity contribution in [2.24, 2.45) is 10.8 Å². The van der Waals surface area contributed by atoms with E-state index in [1.807, 2.05) is 4.90 Å². The van der Waals surface area contributed by atoms with E-state index in [1.54, 1.807) is 0 Å². The van der Waals surface area contributed by atoms with Gasteiger partial charge in [0.05, 0.1) is 0 Å². The number of hydrogen-bond acceptors (Lipinski definition) is 1. The van der Waals surface area contributed by atoms with Gasteiger partial charge in [0.1, 0.15) is 0 Å². The van der Waals surface area contributed by atoms with Crippen LogP contribution in [0.4, 0.5) is 4.79 Å². The highest BCUT2D eigenvalue weighted by molar-refractivity contribution is 5.75. The summed E-state index contributed by atoms with van der Waals surface area (Å²) in [5, 5.41) is 3.09. The van der Waals surface area contributed by atoms with Crippen molar-refractivity contribution in [1.82, 2.24) is 10.2 Å². The summed E-state index contributed by atoms with van der Waals surface area (Å²) in [6.45, 7) is 17.9. The number of rotatable bonds is 3. The molecule has 1 rings (SSSR count). The van der Waals surface area contributed by atoms with E-state index in [0.717, 1.165) is 25.9 Å². The van der Waals surface area contributed by atoms with Gasteiger partial charge in [-0.2, -0.15) is 0 Å². The number of nitrogens with one attached hydrogen (secondary N) is 1. The molecule has 1 N–H and O–H groups in total. The third-order valence-electron chi connectivity index (χ3n) is 4.01. The summed E-state index contributed by atoms with van der Waals surface area (Å²) >= 11 is 0. The largest absolute Gasteiger partial charge is 0.334 e. The highest BCUT2D eigenvalue weighted by Gasteiger charge is 2.32. The van der Waals surface area contributed by atoms with Gasteiger partial charge in [-0.3, -0.25) is 0 Å². The zero-order valence-electron chi connectivity index (χ0n) is 14.4. The quantitative estimate of drug-likeness (QED) is 0.772. The highest BCUT2D eigenvalue weighted by Crippen LogP contribution is 2.37. The normalized spacial score (nSPS) is 18.1. The lowest BCUT2D eigenvalue weighted by Gasteiger charge is -2.33. The van der Waals surface area contributed by atoms with Crippen LogP contribution in [0.15, 0.2) is 11.1 Å². The Morgan fingerprint density at radius 3 is 2.05 bits per heavy atom. The lowest BCUT2D eigenvalue weighted by molar-refractivity contribution is 0.202. The second kappa shape index (κ2) is 6.19. The maximum Gasteiger partial charge on any atom is 0.317 e. The maximum atomic E-state index is 12.3. The van der Waals surface area contributed by atoms with Crippen LogP contribution in [0.2, 0.25) is 0 Å². The van der Waals surface area contributed by atoms with Gasteiger partial charge in [0, 0.05) is 19.6 Å². The Morgan fingerprint density at radius 1 is 1.05 bits per heavy atom. The topological polar surface area (TPSA) is 32.3 Å². The molecule has 0 atom stereocenters. The molecule has 2 amide bonds. The summed E-state index contributed by atoms with van der Waals surface area (Å²) in [6.07, 6.45) is 2.18. The molecule has 1 aliphatic rings. The van der Waals surface area contributed by atoms with E-state index in [1.165, 1.54) is 11.1 Å². The van der Waals surface area contributed by atoms with E-state index >= 15 is 0 Å². The van der Waals surface area contributed by atoms with Gasteiger partial charge in [-0.05, 0) is 28.4 Å². The molecule has 0 bridgehead atoms. The second-order valence-corrected chi connectivity index (χ2v) is 7.89. The lowest BCUT2D eigenvalue weighted by atomic mass is 9.75. The predicted octanol–water partition coefficient (Wildman–Crippen LogP) is 4.20. The molecule has 0 aliphatic carbocycles. The molecule has 20 heavy (non-hydrogen) atoms. The molecule has 1 aliphatic heterocycles. The van der Waals surface area contributed by atoms with Crippen LogP contribution < -0.4 is 5.32 Å². The van der Waals surface area contributed by atoms with Gasteiger partial charge < -0.3 is 10.2 Å². The number of hydrogen-bond donors (Lipinski definition) is 1. The lowest BCUT2D eigenvalue weighted by Crippen LogP contribution is -2.40. The molecule has 0 saturated carbocycles. The minimum Gasteiger partial charge on any atom is -0.334 e. The molecule has 0 aromatic rings. The van der Waals surface area contributed by atoms with Crippen molar-refractivity contribution in [2.45, 2.75) is 61.3 Å². The third kappa shape index (κ3) is 4.26. The molecule has 116 valence electrons. The first kappa shape index (κ1) is 17.1. The van der Waals surface area contributed by atoms with Gasteiger partial charge in [-0.1, -0.05) is 54.9 Å². The Hall–Kier alpha value is -0.990. The number of carbonyl (C=O) groups is 1. The number of unbranched alkanes of at least 4 members (excludes halogenated alkanes) is 1. The Labute approximate surface area is 124 Å². The van der Waals surface area contributed by atoms with Crippen molar-refractivity contribution in [3.05, 3.63) is 11.1 Å². The van der Waals surface area contributed by atoms with E-state index in [9.17, 15) is 4.79 Å². The molecule has 0 unspecified atom stereocenters. The zero-order chi connectivity index (χ0) is 15.6. The molecule has 1 heterocycles. The second-order valence-electron chi connectivity index (χ2n) is 7.89. The van der Waals surface area contributed by atoms with Crippen molar-refractivity contribution in [3.8, 4) is 0 Å². The summed E-state index contributed by atoms with van der Waals surface area (Å²) in [6, 6.07) is 0.0828. The Bertz CT molecular complexity index is 383. The van der Waals surface area contributed by atoms with Gasteiger partial charge in [-0.25, -0.2) is 4.79 Å². The number of urea groups is 1. The van der Waals surface area contributed by atoms with Crippen molar-refractivity contribution in [1.29, 1.82) is 0 Å². The molecule has 0 radical (unpaired) electrons. The van der Waals surface area contributed by atoms with Gasteiger partial charge in [0.2, 0.25) is 0 Å². The minimum atomic E-state index is 0.0828. The summed E-state index contributed by atoms with van der Waals surface area (Å²) in [7, 11) is 0. The Morgan fingerprint density at radius 2 is 1.60 bits per heavy atom. The smallest absolute Gasteiger partial charge is 0.317 e. The fourth-order valence-electron chi connectivity index (χ4n) is 2.68. The molecule has 0 spiro atoms. The Kier molecular flexibility index (Phi) is 5.28. The van der Waals surface area contributed by atoms with Crippen LogP contribution in [0.1, 0.15) is 61.3 Å². The van der Waals surface area contributed by atoms with Crippen LogP contribution in [0.25, 0.3) is 0 Å². The summed E-state index contributed by atoms with van der Waals surface area (Å²) < 4.78 is 0. The fraction of sp³-hybridized carbons (Fsp3) is 0.824. The average molecular weight is 280 g/mol. The average Bonchev–Trinajstić information content (AvgIpc) is 2.44. The summed E-state index contributed by atoms with van der Waals surface area (Å²) in [5.74, 6) is 0. The van der Waals surface area contributed by atoms with Crippen molar-refractivity contribution >= 4 is 6.03 Å². The first-order valence-electron chi connectivity index (χ1n) is 7.83. The summed E-state index contributed by atoms with van der Waals surface area (Å²) in [4.78, 5) is 14.2. The van der Waals surface area contributed by atoms with Gasteiger partial charge in [0.25, 0.3) is 0 Å². The van der Waals surface area contributed by atoms with Crippen molar-refractivity contribution < 1.29 is 4.79 Å². The molecule has 0 fully saturated rings. The van der Waals surface area contributed by atoms with E-state index in [0.29, 0.717) is 6.54 Å². The van der Waals surface area contributed by atoms with Gasteiger partial charge in [-0.15, -0.1) is 0 Å². The molecule has 3 heteroatoms. The van der Waals surface area contributed by atoms with E-state index in [2.05, 4.69) is 53.8 Å². The summed E-state index contributed by atoms with van der Waals surface area (Å²) in [5.41, 5.74) is 2.99. The fourth-order valence-corrected chi connectivity index (χ4v) is 2.68. The molecule has 0 aromatic heterocycles. The molecular weight excluding hydrogens is 248 g/mol. The predicted molar refractivity (Wildman–Crippen MR) is 85.8 cm³/mol. The van der Waals surface area contributed by atoms with E-state index in [-0.39, 0.29) is 16.9 Å². The first-order chi connectivity index (χ1) is 9.07. The van der Waals surface area contributed by atoms with Crippen LogP contribution in [0, 0.1) is 10.8 Å². The monoisotopic (exact) mass is 280 g/mol. The third-order valence-corrected chi connectivity index (χ3v) is 4.01. The first-order valence-corrected chi connectivity index (χ1v) is 7.83. The van der Waals surface area contributed by atoms with Crippen LogP contribution >= 0.6 is 0 Å². The SMILES string of the molecule is CCCCN1CC(C(C)(C)C)=C(C(C)(C)C)CNC1=O. The van der Waals surface area contributed by atoms with Crippen LogP contribution in [0.3, 0.4) is 0 Å².